The van der Waals surface area contributed by atoms with Crippen LogP contribution in [0.4, 0.5) is 0 Å². The Morgan fingerprint density at radius 3 is 2.27 bits per heavy atom. The van der Waals surface area contributed by atoms with E-state index in [-0.39, 0.29) is 0 Å². The summed E-state index contributed by atoms with van der Waals surface area (Å²) in [5.41, 5.74) is 0. The molecule has 0 aromatic rings. The van der Waals surface area contributed by atoms with Crippen LogP contribution in [-0.2, 0) is 0 Å². The Balaban J connectivity index is 2.89. The van der Waals surface area contributed by atoms with Gasteiger partial charge in [0.25, 0.3) is 0 Å². The van der Waals surface area contributed by atoms with E-state index >= 15 is 0 Å². The molecule has 0 radical (unpaired) electrons. The summed E-state index contributed by atoms with van der Waals surface area (Å²) < 4.78 is 0. The molecule has 0 bridgehead atoms. The zero-order valence-electron chi connectivity index (χ0n) is 8.53. The maximum absolute atomic E-state index is 2.36. The van der Waals surface area contributed by atoms with Crippen LogP contribution in [0.1, 0.15) is 52.4 Å². The van der Waals surface area contributed by atoms with Gasteiger partial charge in [-0.3, -0.25) is 0 Å². The summed E-state index contributed by atoms with van der Waals surface area (Å²) in [4.78, 5) is 0. The van der Waals surface area contributed by atoms with E-state index in [1.54, 1.807) is 0 Å². The van der Waals surface area contributed by atoms with Gasteiger partial charge < -0.3 is 0 Å². The molecule has 11 heavy (non-hydrogen) atoms. The van der Waals surface area contributed by atoms with Gasteiger partial charge in [-0.2, -0.15) is 0 Å². The van der Waals surface area contributed by atoms with E-state index in [0.29, 0.717) is 0 Å². The van der Waals surface area contributed by atoms with Crippen LogP contribution in [0.5, 0.6) is 0 Å². The van der Waals surface area contributed by atoms with Crippen molar-refractivity contribution in [3.63, 3.8) is 0 Å². The van der Waals surface area contributed by atoms with Crippen molar-refractivity contribution in [2.75, 3.05) is 0 Å². The summed E-state index contributed by atoms with van der Waals surface area (Å²) in [5.74, 6) is 0.955. The van der Waals surface area contributed by atoms with Gasteiger partial charge in [-0.1, -0.05) is 0 Å². The van der Waals surface area contributed by atoms with Crippen LogP contribution in [0.25, 0.3) is 0 Å². The van der Waals surface area contributed by atoms with Crippen molar-refractivity contribution in [1.82, 2.24) is 0 Å². The number of hydrogen-bond acceptors (Lipinski definition) is 0. The molecule has 1 heteroatoms. The zero-order chi connectivity index (χ0) is 8.53. The van der Waals surface area contributed by atoms with E-state index in [9.17, 15) is 0 Å². The second kappa shape index (κ2) is 8.69. The minimum atomic E-state index is 0.955. The Morgan fingerprint density at radius 2 is 1.73 bits per heavy atom. The predicted molar refractivity (Wildman–Crippen MR) is 53.1 cm³/mol. The van der Waals surface area contributed by atoms with Gasteiger partial charge in [0.1, 0.15) is 0 Å². The van der Waals surface area contributed by atoms with Crippen LogP contribution >= 0.6 is 0 Å². The molecule has 1 atom stereocenters. The Kier molecular flexibility index (Phi) is 9.16. The molecule has 0 aromatic heterocycles. The van der Waals surface area contributed by atoms with Crippen LogP contribution in [0.2, 0.25) is 5.09 Å². The molecule has 0 N–H and O–H groups in total. The molecule has 62 valence electrons. The molecular weight excluding hydrogens is 127 g/mol. The molecule has 0 aliphatic heterocycles. The van der Waals surface area contributed by atoms with E-state index in [2.05, 4.69) is 31.6 Å². The third-order valence-corrected chi connectivity index (χ3v) is 2.50. The van der Waals surface area contributed by atoms with Gasteiger partial charge in [-0.25, -0.2) is 0 Å². The molecule has 0 aromatic carbocycles. The Morgan fingerprint density at radius 1 is 1.09 bits per heavy atom. The Hall–Kier alpha value is 0.597. The summed E-state index contributed by atoms with van der Waals surface area (Å²) >= 11 is 2.27. The normalized spacial score (nSPS) is 13.5. The third kappa shape index (κ3) is 8.50. The van der Waals surface area contributed by atoms with Crippen LogP contribution in [0, 0.1) is 5.92 Å². The van der Waals surface area contributed by atoms with Crippen LogP contribution in [-0.4, -0.2) is 17.7 Å². The van der Waals surface area contributed by atoms with Gasteiger partial charge >= 0.3 is 81.1 Å². The second-order valence-electron chi connectivity index (χ2n) is 3.72. The predicted octanol–water partition coefficient (Wildman–Crippen LogP) is 3.57. The van der Waals surface area contributed by atoms with Crippen molar-refractivity contribution >= 4 is 17.7 Å². The zero-order valence-corrected chi connectivity index (χ0v) is 8.53. The molecule has 0 aliphatic carbocycles. The average molecular weight is 148 g/mol. The average Bonchev–Trinajstić information content (AvgIpc) is 2.04. The van der Waals surface area contributed by atoms with Crippen molar-refractivity contribution in [2.24, 2.45) is 5.92 Å². The fourth-order valence-electron chi connectivity index (χ4n) is 1.30. The van der Waals surface area contributed by atoms with Crippen LogP contribution in [0.15, 0.2) is 0 Å². The molecule has 0 saturated carbocycles. The molecule has 0 fully saturated rings. The summed E-state index contributed by atoms with van der Waals surface area (Å²) in [6, 6.07) is 0. The van der Waals surface area contributed by atoms with Crippen molar-refractivity contribution in [3.8, 4) is 0 Å². The molecule has 0 amide bonds. The monoisotopic (exact) mass is 148 g/mol. The van der Waals surface area contributed by atoms with Gasteiger partial charge in [0.05, 0.1) is 0 Å². The van der Waals surface area contributed by atoms with Gasteiger partial charge in [-0.15, -0.1) is 0 Å². The summed E-state index contributed by atoms with van der Waals surface area (Å²) in [6.45, 7) is 4.65. The Bertz CT molecular complexity index is 71.3. The number of hydrogen-bond donors (Lipinski definition) is 0. The molecule has 0 saturated heterocycles. The van der Waals surface area contributed by atoms with E-state index < -0.39 is 0 Å². The number of unbranched alkanes of at least 4 members (excludes halogenated alkanes) is 3. The minimum absolute atomic E-state index is 0.955. The second-order valence-corrected chi connectivity index (χ2v) is 3.72. The van der Waals surface area contributed by atoms with E-state index in [1.807, 2.05) is 0 Å². The summed E-state index contributed by atoms with van der Waals surface area (Å²) in [7, 11) is 0. The third-order valence-electron chi connectivity index (χ3n) is 2.50. The van der Waals surface area contributed by atoms with Gasteiger partial charge in [0, 0.05) is 0 Å². The van der Waals surface area contributed by atoms with Gasteiger partial charge in [0.15, 0.2) is 0 Å². The molecule has 0 rings (SSSR count). The SMILES string of the molecule is [Li][CH2]CCCCCC(C)CC. The van der Waals surface area contributed by atoms with Crippen molar-refractivity contribution in [3.05, 3.63) is 0 Å². The van der Waals surface area contributed by atoms with E-state index in [4.69, 9.17) is 0 Å². The van der Waals surface area contributed by atoms with Gasteiger partial charge in [0.2, 0.25) is 0 Å². The summed E-state index contributed by atoms with van der Waals surface area (Å²) in [5, 5.41) is 1.36. The Labute approximate surface area is 81.3 Å². The van der Waals surface area contributed by atoms with E-state index in [1.165, 1.54) is 43.6 Å². The van der Waals surface area contributed by atoms with Crippen LogP contribution in [0.3, 0.4) is 0 Å². The standard InChI is InChI=1S/C10H21.Li/c1-4-6-7-8-9-10(3)5-2;/h10H,1,4-9H2,2-3H3;. The first kappa shape index (κ1) is 11.6. The van der Waals surface area contributed by atoms with Crippen molar-refractivity contribution in [2.45, 2.75) is 57.5 Å². The first-order chi connectivity index (χ1) is 5.31. The molecular formula is C10H21Li. The van der Waals surface area contributed by atoms with Crippen molar-refractivity contribution < 1.29 is 0 Å². The van der Waals surface area contributed by atoms with Crippen molar-refractivity contribution in [1.29, 1.82) is 0 Å². The molecule has 0 nitrogen and oxygen atoms in total. The molecule has 0 spiro atoms. The molecule has 1 unspecified atom stereocenters. The first-order valence-corrected chi connectivity index (χ1v) is 5.31. The molecule has 0 heterocycles. The fraction of sp³-hybridized carbons (Fsp3) is 1.00. The van der Waals surface area contributed by atoms with Crippen LogP contribution < -0.4 is 0 Å². The topological polar surface area (TPSA) is 0 Å². The fourth-order valence-corrected chi connectivity index (χ4v) is 1.30. The first-order valence-electron chi connectivity index (χ1n) is 5.31. The van der Waals surface area contributed by atoms with E-state index in [0.717, 1.165) is 5.92 Å². The van der Waals surface area contributed by atoms with Gasteiger partial charge in [-0.05, 0) is 0 Å². The maximum atomic E-state index is 2.36. The quantitative estimate of drug-likeness (QED) is 0.382. The summed E-state index contributed by atoms with van der Waals surface area (Å²) in [6.07, 6.45) is 8.59. The number of rotatable bonds is 7. The molecule has 0 aliphatic rings.